The summed E-state index contributed by atoms with van der Waals surface area (Å²) in [7, 11) is -4.35. The number of carbonyl (C=O) groups is 1. The predicted molar refractivity (Wildman–Crippen MR) is 179 cm³/mol. The van der Waals surface area contributed by atoms with Gasteiger partial charge < -0.3 is 10.4 Å². The van der Waals surface area contributed by atoms with Crippen LogP contribution in [0.3, 0.4) is 0 Å². The highest BCUT2D eigenvalue weighted by Crippen LogP contribution is 2.11. The molecular weight excluding hydrogens is 546 g/mol. The van der Waals surface area contributed by atoms with Crippen LogP contribution in [-0.2, 0) is 14.9 Å². The van der Waals surface area contributed by atoms with Crippen molar-refractivity contribution >= 4 is 16.0 Å². The summed E-state index contributed by atoms with van der Waals surface area (Å²) in [5.41, 5.74) is 0. The minimum atomic E-state index is -4.35. The zero-order chi connectivity index (χ0) is 31.2. The number of nitrogens with one attached hydrogen (secondary N) is 1. The zero-order valence-electron chi connectivity index (χ0n) is 26.9. The van der Waals surface area contributed by atoms with Gasteiger partial charge in [0, 0.05) is 6.42 Å². The molecule has 7 heteroatoms. The van der Waals surface area contributed by atoms with Gasteiger partial charge in [0.05, 0.1) is 17.9 Å². The van der Waals surface area contributed by atoms with Gasteiger partial charge >= 0.3 is 0 Å². The van der Waals surface area contributed by atoms with Gasteiger partial charge in [0.2, 0.25) is 5.91 Å². The molecule has 0 saturated carbocycles. The Morgan fingerprint density at radius 1 is 0.643 bits per heavy atom. The lowest BCUT2D eigenvalue weighted by Crippen LogP contribution is -2.46. The minimum absolute atomic E-state index is 0.270. The first-order chi connectivity index (χ1) is 20.3. The highest BCUT2D eigenvalue weighted by atomic mass is 32.2. The van der Waals surface area contributed by atoms with E-state index in [1.54, 1.807) is 6.08 Å². The molecule has 0 heterocycles. The van der Waals surface area contributed by atoms with E-state index in [9.17, 15) is 22.9 Å². The quantitative estimate of drug-likeness (QED) is 0.0446. The maximum atomic E-state index is 12.4. The summed E-state index contributed by atoms with van der Waals surface area (Å²) in [6.45, 7) is 4.42. The maximum Gasteiger partial charge on any atom is 0.267 e. The highest BCUT2D eigenvalue weighted by Gasteiger charge is 2.24. The van der Waals surface area contributed by atoms with E-state index in [1.807, 2.05) is 0 Å². The fraction of sp³-hybridized carbons (Fsp3) is 0.743. The van der Waals surface area contributed by atoms with Crippen molar-refractivity contribution in [2.24, 2.45) is 0 Å². The Bertz CT molecular complexity index is 847. The number of aliphatic hydroxyl groups is 1. The number of unbranched alkanes of at least 4 members (excludes halogenated alkanes) is 15. The van der Waals surface area contributed by atoms with Crippen LogP contribution in [0.2, 0.25) is 0 Å². The maximum absolute atomic E-state index is 12.4. The van der Waals surface area contributed by atoms with Crippen molar-refractivity contribution in [3.05, 3.63) is 48.6 Å². The number of amides is 1. The Morgan fingerprint density at radius 2 is 1.14 bits per heavy atom. The summed E-state index contributed by atoms with van der Waals surface area (Å²) in [6, 6.07) is -1.08. The molecule has 6 nitrogen and oxygen atoms in total. The third-order valence-electron chi connectivity index (χ3n) is 7.21. The largest absolute Gasteiger partial charge is 0.387 e. The molecule has 0 aliphatic heterocycles. The van der Waals surface area contributed by atoms with E-state index in [0.717, 1.165) is 57.8 Å². The summed E-state index contributed by atoms with van der Waals surface area (Å²) in [6.07, 6.45) is 38.0. The van der Waals surface area contributed by atoms with Gasteiger partial charge in [-0.2, -0.15) is 8.42 Å². The van der Waals surface area contributed by atoms with Crippen molar-refractivity contribution in [3.63, 3.8) is 0 Å². The van der Waals surface area contributed by atoms with Crippen molar-refractivity contribution in [3.8, 4) is 0 Å². The Balaban J connectivity index is 4.14. The summed E-state index contributed by atoms with van der Waals surface area (Å²) < 4.78 is 32.2. The Kier molecular flexibility index (Phi) is 28.2. The number of carbonyl (C=O) groups excluding carboxylic acids is 1. The second-order valence-electron chi connectivity index (χ2n) is 11.4. The van der Waals surface area contributed by atoms with Gasteiger partial charge in [-0.3, -0.25) is 9.35 Å². The lowest BCUT2D eigenvalue weighted by atomic mass is 10.1. The molecule has 0 fully saturated rings. The van der Waals surface area contributed by atoms with Crippen molar-refractivity contribution in [1.29, 1.82) is 0 Å². The lowest BCUT2D eigenvalue weighted by molar-refractivity contribution is -0.122. The average Bonchev–Trinajstić information content (AvgIpc) is 2.94. The standard InChI is InChI=1S/C35H63NO5S/c1-3-5-7-9-11-13-15-17-19-20-22-24-26-28-30-34(37)33(32-42(39,40)41)36-35(38)31-29-27-25-23-21-18-16-14-12-10-8-6-4-2/h8,10,14,16,20,22,28,30,33-34,37H,3-7,9,11-13,15,17-19,21,23-27,29,31-32H2,1-2H3,(H,36,38)(H,39,40,41)/b10-8-,16-14-,22-20+,30-28+. The summed E-state index contributed by atoms with van der Waals surface area (Å²) in [5, 5.41) is 13.1. The number of allylic oxidation sites excluding steroid dienone is 7. The van der Waals surface area contributed by atoms with Gasteiger partial charge in [0.25, 0.3) is 10.1 Å². The molecule has 0 aromatic carbocycles. The van der Waals surface area contributed by atoms with Crippen molar-refractivity contribution in [1.82, 2.24) is 5.32 Å². The molecule has 1 amide bonds. The number of hydrogen-bond acceptors (Lipinski definition) is 4. The number of hydrogen-bond donors (Lipinski definition) is 3. The Hall–Kier alpha value is -1.70. The second kappa shape index (κ2) is 29.4. The van der Waals surface area contributed by atoms with Crippen LogP contribution in [-0.4, -0.2) is 41.9 Å². The molecule has 2 atom stereocenters. The number of aliphatic hydroxyl groups excluding tert-OH is 1. The van der Waals surface area contributed by atoms with E-state index < -0.39 is 28.0 Å². The third-order valence-corrected chi connectivity index (χ3v) is 7.99. The minimum Gasteiger partial charge on any atom is -0.387 e. The molecule has 0 aromatic rings. The van der Waals surface area contributed by atoms with Gasteiger partial charge in [-0.25, -0.2) is 0 Å². The lowest BCUT2D eigenvalue weighted by Gasteiger charge is -2.21. The monoisotopic (exact) mass is 609 g/mol. The van der Waals surface area contributed by atoms with E-state index in [-0.39, 0.29) is 12.3 Å². The molecule has 3 N–H and O–H groups in total. The van der Waals surface area contributed by atoms with E-state index in [4.69, 9.17) is 0 Å². The Labute approximate surface area is 259 Å². The van der Waals surface area contributed by atoms with E-state index in [0.29, 0.717) is 12.8 Å². The highest BCUT2D eigenvalue weighted by molar-refractivity contribution is 7.85. The summed E-state index contributed by atoms with van der Waals surface area (Å²) >= 11 is 0. The van der Waals surface area contributed by atoms with E-state index >= 15 is 0 Å². The van der Waals surface area contributed by atoms with Crippen LogP contribution in [0.5, 0.6) is 0 Å². The van der Waals surface area contributed by atoms with Gasteiger partial charge in [-0.1, -0.05) is 133 Å². The molecule has 0 aliphatic carbocycles. The van der Waals surface area contributed by atoms with Crippen LogP contribution >= 0.6 is 0 Å². The SMILES string of the molecule is CCC/C=C\C/C=C\CCCCCCCC(=O)NC(CS(=O)(=O)O)C(O)/C=C/CC/C=C/CCCCCCCCCC. The first-order valence-corrected chi connectivity index (χ1v) is 18.4. The molecule has 42 heavy (non-hydrogen) atoms. The predicted octanol–water partition coefficient (Wildman–Crippen LogP) is 9.18. The molecule has 0 saturated heterocycles. The van der Waals surface area contributed by atoms with Crippen molar-refractivity contribution < 1.29 is 22.9 Å². The molecule has 0 radical (unpaired) electrons. The van der Waals surface area contributed by atoms with Gasteiger partial charge in [0.15, 0.2) is 0 Å². The van der Waals surface area contributed by atoms with Crippen molar-refractivity contribution in [2.45, 2.75) is 161 Å². The van der Waals surface area contributed by atoms with Crippen LogP contribution in [0.4, 0.5) is 0 Å². The van der Waals surface area contributed by atoms with Gasteiger partial charge in [-0.15, -0.1) is 0 Å². The molecule has 0 bridgehead atoms. The summed E-state index contributed by atoms with van der Waals surface area (Å²) in [5.74, 6) is -1.02. The fourth-order valence-electron chi connectivity index (χ4n) is 4.68. The smallest absolute Gasteiger partial charge is 0.267 e. The fourth-order valence-corrected chi connectivity index (χ4v) is 5.41. The van der Waals surface area contributed by atoms with E-state index in [1.165, 1.54) is 63.9 Å². The molecule has 244 valence electrons. The normalized spacial score (nSPS) is 14.1. The van der Waals surface area contributed by atoms with Crippen LogP contribution < -0.4 is 5.32 Å². The molecular formula is C35H63NO5S. The Morgan fingerprint density at radius 3 is 1.74 bits per heavy atom. The molecule has 0 spiro atoms. The molecule has 0 rings (SSSR count). The molecule has 0 aromatic heterocycles. The van der Waals surface area contributed by atoms with Crippen LogP contribution in [0.25, 0.3) is 0 Å². The topological polar surface area (TPSA) is 104 Å². The average molecular weight is 610 g/mol. The summed E-state index contributed by atoms with van der Waals surface area (Å²) in [4.78, 5) is 12.4. The second-order valence-corrected chi connectivity index (χ2v) is 12.9. The first-order valence-electron chi connectivity index (χ1n) is 16.8. The van der Waals surface area contributed by atoms with Crippen LogP contribution in [0.15, 0.2) is 48.6 Å². The van der Waals surface area contributed by atoms with Gasteiger partial charge in [0.1, 0.15) is 0 Å². The molecule has 2 unspecified atom stereocenters. The van der Waals surface area contributed by atoms with E-state index in [2.05, 4.69) is 55.6 Å². The number of rotatable bonds is 29. The first kappa shape index (κ1) is 40.3. The van der Waals surface area contributed by atoms with Crippen LogP contribution in [0.1, 0.15) is 149 Å². The third kappa shape index (κ3) is 29.8. The van der Waals surface area contributed by atoms with Crippen LogP contribution in [0, 0.1) is 0 Å². The van der Waals surface area contributed by atoms with Gasteiger partial charge in [-0.05, 0) is 57.8 Å². The zero-order valence-corrected chi connectivity index (χ0v) is 27.7. The van der Waals surface area contributed by atoms with Crippen molar-refractivity contribution in [2.75, 3.05) is 5.75 Å². The molecule has 0 aliphatic rings.